The van der Waals surface area contributed by atoms with Gasteiger partial charge >= 0.3 is 0 Å². The van der Waals surface area contributed by atoms with Crippen molar-refractivity contribution in [2.24, 2.45) is 5.73 Å². The molecule has 0 radical (unpaired) electrons. The third-order valence-electron chi connectivity index (χ3n) is 3.32. The zero-order valence-corrected chi connectivity index (χ0v) is 13.4. The van der Waals surface area contributed by atoms with Crippen molar-refractivity contribution in [3.63, 3.8) is 0 Å². The second-order valence-electron chi connectivity index (χ2n) is 4.70. The van der Waals surface area contributed by atoms with Gasteiger partial charge in [0.25, 0.3) is 0 Å². The predicted molar refractivity (Wildman–Crippen MR) is 85.3 cm³/mol. The molecule has 1 atom stereocenters. The first-order chi connectivity index (χ1) is 9.51. The van der Waals surface area contributed by atoms with Gasteiger partial charge in [-0.05, 0) is 44.0 Å². The van der Waals surface area contributed by atoms with Gasteiger partial charge in [0, 0.05) is 28.2 Å². The van der Waals surface area contributed by atoms with Crippen molar-refractivity contribution in [2.45, 2.75) is 31.2 Å². The van der Waals surface area contributed by atoms with Gasteiger partial charge in [0.05, 0.1) is 0 Å². The van der Waals surface area contributed by atoms with E-state index in [0.29, 0.717) is 6.54 Å². The Bertz CT molecular complexity index is 576. The number of aromatic nitrogens is 2. The number of hydrogen-bond acceptors (Lipinski definition) is 4. The SMILES string of the molecule is Cc1nc(SC(CN)c2ccc(Cl)cc2)nc(C)c1C. The van der Waals surface area contributed by atoms with Crippen LogP contribution in [0.5, 0.6) is 0 Å². The Morgan fingerprint density at radius 3 is 2.15 bits per heavy atom. The number of thioether (sulfide) groups is 1. The predicted octanol–water partition coefficient (Wildman–Crippen LogP) is 3.85. The first kappa shape index (κ1) is 15.3. The van der Waals surface area contributed by atoms with E-state index in [1.807, 2.05) is 45.0 Å². The number of hydrogen-bond donors (Lipinski definition) is 1. The average molecular weight is 308 g/mol. The van der Waals surface area contributed by atoms with Crippen LogP contribution < -0.4 is 5.73 Å². The summed E-state index contributed by atoms with van der Waals surface area (Å²) < 4.78 is 0. The van der Waals surface area contributed by atoms with E-state index in [2.05, 4.69) is 9.97 Å². The van der Waals surface area contributed by atoms with Crippen LogP contribution in [0.1, 0.15) is 27.8 Å². The monoisotopic (exact) mass is 307 g/mol. The van der Waals surface area contributed by atoms with E-state index in [0.717, 1.165) is 32.7 Å². The Kier molecular flexibility index (Phi) is 5.02. The summed E-state index contributed by atoms with van der Waals surface area (Å²) in [6, 6.07) is 7.76. The number of nitrogens with two attached hydrogens (primary N) is 1. The third-order valence-corrected chi connectivity index (χ3v) is 4.71. The molecule has 2 rings (SSSR count). The van der Waals surface area contributed by atoms with Crippen LogP contribution in [0, 0.1) is 20.8 Å². The van der Waals surface area contributed by atoms with Gasteiger partial charge in [0.2, 0.25) is 0 Å². The molecule has 0 aliphatic heterocycles. The summed E-state index contributed by atoms with van der Waals surface area (Å²) in [5.41, 5.74) is 10.2. The number of nitrogens with zero attached hydrogens (tertiary/aromatic N) is 2. The van der Waals surface area contributed by atoms with Gasteiger partial charge in [-0.2, -0.15) is 0 Å². The Labute approximate surface area is 129 Å². The molecule has 1 aromatic carbocycles. The fourth-order valence-electron chi connectivity index (χ4n) is 1.85. The van der Waals surface area contributed by atoms with Crippen molar-refractivity contribution < 1.29 is 0 Å². The summed E-state index contributed by atoms with van der Waals surface area (Å²) in [5.74, 6) is 0. The molecule has 3 nitrogen and oxygen atoms in total. The molecule has 1 aromatic heterocycles. The van der Waals surface area contributed by atoms with Crippen LogP contribution in [0.3, 0.4) is 0 Å². The topological polar surface area (TPSA) is 51.8 Å². The summed E-state index contributed by atoms with van der Waals surface area (Å²) in [5, 5.41) is 1.64. The van der Waals surface area contributed by atoms with Gasteiger partial charge in [-0.15, -0.1) is 0 Å². The molecule has 0 spiro atoms. The largest absolute Gasteiger partial charge is 0.329 e. The van der Waals surface area contributed by atoms with Gasteiger partial charge in [0.1, 0.15) is 0 Å². The molecule has 5 heteroatoms. The second-order valence-corrected chi connectivity index (χ2v) is 6.30. The lowest BCUT2D eigenvalue weighted by molar-refractivity contribution is 0.863. The fourth-order valence-corrected chi connectivity index (χ4v) is 3.00. The molecular weight excluding hydrogens is 290 g/mol. The Hall–Kier alpha value is -1.10. The van der Waals surface area contributed by atoms with E-state index in [1.165, 1.54) is 0 Å². The molecule has 0 saturated carbocycles. The van der Waals surface area contributed by atoms with Gasteiger partial charge in [-0.3, -0.25) is 0 Å². The third kappa shape index (κ3) is 3.51. The van der Waals surface area contributed by atoms with Gasteiger partial charge in [-0.25, -0.2) is 9.97 Å². The Morgan fingerprint density at radius 2 is 1.65 bits per heavy atom. The van der Waals surface area contributed by atoms with Crippen molar-refractivity contribution in [3.8, 4) is 0 Å². The first-order valence-electron chi connectivity index (χ1n) is 6.45. The Morgan fingerprint density at radius 1 is 1.10 bits per heavy atom. The molecule has 0 aliphatic rings. The lowest BCUT2D eigenvalue weighted by Crippen LogP contribution is -2.10. The van der Waals surface area contributed by atoms with E-state index in [1.54, 1.807) is 11.8 Å². The van der Waals surface area contributed by atoms with E-state index < -0.39 is 0 Å². The summed E-state index contributed by atoms with van der Waals surface area (Å²) in [7, 11) is 0. The molecule has 0 fully saturated rings. The van der Waals surface area contributed by atoms with Crippen molar-refractivity contribution in [1.29, 1.82) is 0 Å². The van der Waals surface area contributed by atoms with Gasteiger partial charge in [0.15, 0.2) is 5.16 Å². The molecule has 2 aromatic rings. The zero-order chi connectivity index (χ0) is 14.7. The normalized spacial score (nSPS) is 12.4. The molecular formula is C15H18ClN3S. The van der Waals surface area contributed by atoms with E-state index >= 15 is 0 Å². The molecule has 0 aliphatic carbocycles. The lowest BCUT2D eigenvalue weighted by atomic mass is 10.1. The fraction of sp³-hybridized carbons (Fsp3) is 0.333. The number of halogens is 1. The Balaban J connectivity index is 2.24. The molecule has 0 saturated heterocycles. The van der Waals surface area contributed by atoms with Gasteiger partial charge in [-0.1, -0.05) is 35.5 Å². The minimum absolute atomic E-state index is 0.133. The van der Waals surface area contributed by atoms with Crippen molar-refractivity contribution in [3.05, 3.63) is 51.8 Å². The molecule has 0 bridgehead atoms. The maximum absolute atomic E-state index is 5.92. The van der Waals surface area contributed by atoms with Gasteiger partial charge < -0.3 is 5.73 Å². The van der Waals surface area contributed by atoms with E-state index in [9.17, 15) is 0 Å². The standard InChI is InChI=1S/C15H18ClN3S/c1-9-10(2)18-15(19-11(9)3)20-14(8-17)12-4-6-13(16)7-5-12/h4-7,14H,8,17H2,1-3H3. The van der Waals surface area contributed by atoms with Crippen molar-refractivity contribution in [2.75, 3.05) is 6.54 Å². The minimum atomic E-state index is 0.133. The second kappa shape index (κ2) is 6.57. The highest BCUT2D eigenvalue weighted by Crippen LogP contribution is 2.33. The van der Waals surface area contributed by atoms with Crippen LogP contribution >= 0.6 is 23.4 Å². The molecule has 20 heavy (non-hydrogen) atoms. The molecule has 1 unspecified atom stereocenters. The lowest BCUT2D eigenvalue weighted by Gasteiger charge is -2.15. The minimum Gasteiger partial charge on any atom is -0.329 e. The van der Waals surface area contributed by atoms with Crippen LogP contribution in [0.15, 0.2) is 29.4 Å². The van der Waals surface area contributed by atoms with E-state index in [-0.39, 0.29) is 5.25 Å². The first-order valence-corrected chi connectivity index (χ1v) is 7.71. The summed E-state index contributed by atoms with van der Waals surface area (Å²) >= 11 is 7.51. The quantitative estimate of drug-likeness (QED) is 0.688. The molecule has 1 heterocycles. The van der Waals surface area contributed by atoms with E-state index in [4.69, 9.17) is 17.3 Å². The maximum atomic E-state index is 5.92. The van der Waals surface area contributed by atoms with Crippen LogP contribution in [-0.4, -0.2) is 16.5 Å². The summed E-state index contributed by atoms with van der Waals surface area (Å²) in [6.07, 6.45) is 0. The maximum Gasteiger partial charge on any atom is 0.188 e. The number of aryl methyl sites for hydroxylation is 2. The smallest absolute Gasteiger partial charge is 0.188 e. The molecule has 106 valence electrons. The number of rotatable bonds is 4. The van der Waals surface area contributed by atoms with Crippen LogP contribution in [0.25, 0.3) is 0 Å². The highest BCUT2D eigenvalue weighted by atomic mass is 35.5. The zero-order valence-electron chi connectivity index (χ0n) is 11.9. The highest BCUT2D eigenvalue weighted by molar-refractivity contribution is 7.99. The molecule has 0 amide bonds. The summed E-state index contributed by atoms with van der Waals surface area (Å²) in [4.78, 5) is 9.07. The van der Waals surface area contributed by atoms with Crippen molar-refractivity contribution in [1.82, 2.24) is 9.97 Å². The number of benzene rings is 1. The summed E-state index contributed by atoms with van der Waals surface area (Å²) in [6.45, 7) is 6.59. The van der Waals surface area contributed by atoms with Crippen LogP contribution in [0.2, 0.25) is 5.02 Å². The average Bonchev–Trinajstić information content (AvgIpc) is 2.43. The highest BCUT2D eigenvalue weighted by Gasteiger charge is 2.14. The van der Waals surface area contributed by atoms with Crippen molar-refractivity contribution >= 4 is 23.4 Å². The molecule has 2 N–H and O–H groups in total. The van der Waals surface area contributed by atoms with Crippen LogP contribution in [0.4, 0.5) is 0 Å². The van der Waals surface area contributed by atoms with Crippen LogP contribution in [-0.2, 0) is 0 Å².